The van der Waals surface area contributed by atoms with Gasteiger partial charge in [0.1, 0.15) is 28.5 Å². The molecule has 0 fully saturated rings. The fraction of sp³-hybridized carbons (Fsp3) is 0.0714. The lowest BCUT2D eigenvalue weighted by atomic mass is 9.97. The number of thioether (sulfide) groups is 1. The number of nitrogens with two attached hydrogens (primary N) is 1. The van der Waals surface area contributed by atoms with Gasteiger partial charge in [0.25, 0.3) is 0 Å². The van der Waals surface area contributed by atoms with Gasteiger partial charge in [0.15, 0.2) is 0 Å². The van der Waals surface area contributed by atoms with Gasteiger partial charge in [-0.1, -0.05) is 28.1 Å². The topological polar surface area (TPSA) is 86.5 Å². The van der Waals surface area contributed by atoms with E-state index in [2.05, 4.69) is 27.0 Å². The third-order valence-electron chi connectivity index (χ3n) is 2.74. The molecule has 0 unspecified atom stereocenters. The highest BCUT2D eigenvalue weighted by Crippen LogP contribution is 2.35. The van der Waals surface area contributed by atoms with Crippen LogP contribution in [0.2, 0.25) is 0 Å². The molecule has 1 aromatic heterocycles. The van der Waals surface area contributed by atoms with Crippen LogP contribution in [-0.4, -0.2) is 11.2 Å². The minimum atomic E-state index is 0.147. The quantitative estimate of drug-likeness (QED) is 0.841. The molecule has 4 nitrogen and oxygen atoms in total. The van der Waals surface area contributed by atoms with E-state index in [9.17, 15) is 10.5 Å². The minimum absolute atomic E-state index is 0.147. The van der Waals surface area contributed by atoms with Crippen molar-refractivity contribution in [2.45, 2.75) is 5.03 Å². The number of nitriles is 2. The standard InChI is InChI=1S/C14H9BrN4S/c1-20-14-11(7-17)12(10(6-16)13(18)19-14)8-2-4-9(15)5-3-8/h2-5H,1H3,(H2,18,19). The van der Waals surface area contributed by atoms with E-state index in [0.29, 0.717) is 16.2 Å². The minimum Gasteiger partial charge on any atom is -0.383 e. The lowest BCUT2D eigenvalue weighted by Gasteiger charge is -2.11. The Morgan fingerprint density at radius 1 is 1.15 bits per heavy atom. The molecule has 0 saturated carbocycles. The first-order chi connectivity index (χ1) is 9.62. The second kappa shape index (κ2) is 5.96. The third kappa shape index (κ3) is 2.49. The number of benzene rings is 1. The predicted molar refractivity (Wildman–Crippen MR) is 83.0 cm³/mol. The van der Waals surface area contributed by atoms with Crippen molar-refractivity contribution in [1.29, 1.82) is 10.5 Å². The Kier molecular flexibility index (Phi) is 4.29. The van der Waals surface area contributed by atoms with Crippen molar-refractivity contribution < 1.29 is 0 Å². The van der Waals surface area contributed by atoms with Crippen LogP contribution in [0.3, 0.4) is 0 Å². The van der Waals surface area contributed by atoms with Crippen LogP contribution in [0.4, 0.5) is 5.82 Å². The number of nitrogens with zero attached hydrogens (tertiary/aromatic N) is 3. The summed E-state index contributed by atoms with van der Waals surface area (Å²) in [5.74, 6) is 0.147. The number of pyridine rings is 1. The summed E-state index contributed by atoms with van der Waals surface area (Å²) >= 11 is 4.69. The molecule has 0 radical (unpaired) electrons. The largest absolute Gasteiger partial charge is 0.383 e. The summed E-state index contributed by atoms with van der Waals surface area (Å²) < 4.78 is 0.922. The van der Waals surface area contributed by atoms with E-state index in [1.165, 1.54) is 11.8 Å². The van der Waals surface area contributed by atoms with Gasteiger partial charge in [-0.25, -0.2) is 4.98 Å². The van der Waals surface area contributed by atoms with Gasteiger partial charge in [0.05, 0.1) is 5.56 Å². The highest BCUT2D eigenvalue weighted by atomic mass is 79.9. The molecule has 2 rings (SSSR count). The van der Waals surface area contributed by atoms with Crippen LogP contribution >= 0.6 is 27.7 Å². The second-order valence-electron chi connectivity index (χ2n) is 3.86. The van der Waals surface area contributed by atoms with Crippen LogP contribution in [0.5, 0.6) is 0 Å². The molecule has 0 atom stereocenters. The summed E-state index contributed by atoms with van der Waals surface area (Å²) in [7, 11) is 0. The van der Waals surface area contributed by atoms with Crippen molar-refractivity contribution in [2.24, 2.45) is 0 Å². The second-order valence-corrected chi connectivity index (χ2v) is 5.57. The SMILES string of the molecule is CSc1nc(N)c(C#N)c(-c2ccc(Br)cc2)c1C#N. The number of rotatable bonds is 2. The molecule has 0 aliphatic rings. The van der Waals surface area contributed by atoms with E-state index in [1.54, 1.807) is 0 Å². The van der Waals surface area contributed by atoms with Gasteiger partial charge >= 0.3 is 0 Å². The Hall–Kier alpha value is -2.02. The monoisotopic (exact) mass is 344 g/mol. The molecular formula is C14H9BrN4S. The van der Waals surface area contributed by atoms with E-state index < -0.39 is 0 Å². The molecule has 0 aliphatic heterocycles. The number of aromatic nitrogens is 1. The van der Waals surface area contributed by atoms with Crippen molar-refractivity contribution >= 4 is 33.5 Å². The van der Waals surface area contributed by atoms with Crippen LogP contribution in [-0.2, 0) is 0 Å². The molecule has 0 bridgehead atoms. The number of nitrogen functional groups attached to an aromatic ring is 1. The van der Waals surface area contributed by atoms with Crippen molar-refractivity contribution in [3.63, 3.8) is 0 Å². The van der Waals surface area contributed by atoms with Crippen molar-refractivity contribution in [1.82, 2.24) is 4.98 Å². The normalized spacial score (nSPS) is 9.80. The Morgan fingerprint density at radius 2 is 1.75 bits per heavy atom. The molecule has 2 N–H and O–H groups in total. The van der Waals surface area contributed by atoms with Gasteiger partial charge < -0.3 is 5.73 Å². The summed E-state index contributed by atoms with van der Waals surface area (Å²) in [5, 5.41) is 19.2. The van der Waals surface area contributed by atoms with Crippen LogP contribution in [0.25, 0.3) is 11.1 Å². The van der Waals surface area contributed by atoms with Gasteiger partial charge in [-0.15, -0.1) is 11.8 Å². The highest BCUT2D eigenvalue weighted by Gasteiger charge is 2.19. The molecule has 1 heterocycles. The molecule has 6 heteroatoms. The average Bonchev–Trinajstić information content (AvgIpc) is 2.46. The Labute approximate surface area is 129 Å². The molecule has 98 valence electrons. The molecule has 2 aromatic rings. The lowest BCUT2D eigenvalue weighted by Crippen LogP contribution is -2.02. The highest BCUT2D eigenvalue weighted by molar-refractivity contribution is 9.10. The maximum absolute atomic E-state index is 9.39. The smallest absolute Gasteiger partial charge is 0.143 e. The van der Waals surface area contributed by atoms with E-state index in [4.69, 9.17) is 5.73 Å². The van der Waals surface area contributed by atoms with Gasteiger partial charge in [0.2, 0.25) is 0 Å². The van der Waals surface area contributed by atoms with Gasteiger partial charge in [-0.3, -0.25) is 0 Å². The van der Waals surface area contributed by atoms with E-state index in [1.807, 2.05) is 36.6 Å². The zero-order chi connectivity index (χ0) is 14.7. The number of hydrogen-bond acceptors (Lipinski definition) is 5. The summed E-state index contributed by atoms with van der Waals surface area (Å²) in [5.41, 5.74) is 7.76. The molecule has 0 spiro atoms. The number of hydrogen-bond donors (Lipinski definition) is 1. The number of halogens is 1. The molecule has 0 aliphatic carbocycles. The fourth-order valence-electron chi connectivity index (χ4n) is 1.85. The zero-order valence-corrected chi connectivity index (χ0v) is 12.9. The van der Waals surface area contributed by atoms with E-state index in [0.717, 1.165) is 10.0 Å². The first kappa shape index (κ1) is 14.4. The molecule has 1 aromatic carbocycles. The average molecular weight is 345 g/mol. The first-order valence-electron chi connectivity index (χ1n) is 5.56. The third-order valence-corrected chi connectivity index (χ3v) is 3.95. The summed E-state index contributed by atoms with van der Waals surface area (Å²) in [6.45, 7) is 0. The van der Waals surface area contributed by atoms with Crippen molar-refractivity contribution in [3.05, 3.63) is 39.9 Å². The lowest BCUT2D eigenvalue weighted by molar-refractivity contribution is 1.12. The fourth-order valence-corrected chi connectivity index (χ4v) is 2.66. The summed E-state index contributed by atoms with van der Waals surface area (Å²) in [6, 6.07) is 11.6. The van der Waals surface area contributed by atoms with Crippen LogP contribution in [0.1, 0.15) is 11.1 Å². The van der Waals surface area contributed by atoms with E-state index in [-0.39, 0.29) is 11.4 Å². The number of anilines is 1. The first-order valence-corrected chi connectivity index (χ1v) is 7.57. The van der Waals surface area contributed by atoms with Crippen molar-refractivity contribution in [3.8, 4) is 23.3 Å². The maximum atomic E-state index is 9.39. The van der Waals surface area contributed by atoms with Crippen molar-refractivity contribution in [2.75, 3.05) is 12.0 Å². The van der Waals surface area contributed by atoms with Gasteiger partial charge in [0, 0.05) is 10.0 Å². The zero-order valence-electron chi connectivity index (χ0n) is 10.5. The van der Waals surface area contributed by atoms with Crippen LogP contribution in [0, 0.1) is 22.7 Å². The Morgan fingerprint density at radius 3 is 2.25 bits per heavy atom. The Bertz CT molecular complexity index is 742. The van der Waals surface area contributed by atoms with E-state index >= 15 is 0 Å². The van der Waals surface area contributed by atoms with Gasteiger partial charge in [-0.2, -0.15) is 10.5 Å². The van der Waals surface area contributed by atoms with Gasteiger partial charge in [-0.05, 0) is 24.0 Å². The van der Waals surface area contributed by atoms with Crippen LogP contribution < -0.4 is 5.73 Å². The molecule has 20 heavy (non-hydrogen) atoms. The molecular weight excluding hydrogens is 336 g/mol. The predicted octanol–water partition coefficient (Wildman–Crippen LogP) is 3.56. The summed E-state index contributed by atoms with van der Waals surface area (Å²) in [4.78, 5) is 4.12. The molecule has 0 amide bonds. The summed E-state index contributed by atoms with van der Waals surface area (Å²) in [6.07, 6.45) is 1.82. The maximum Gasteiger partial charge on any atom is 0.143 e. The molecule has 0 saturated heterocycles. The van der Waals surface area contributed by atoms with Crippen LogP contribution in [0.15, 0.2) is 33.8 Å². The Balaban J connectivity index is 2.85.